The van der Waals surface area contributed by atoms with Crippen LogP contribution in [0.2, 0.25) is 0 Å². The van der Waals surface area contributed by atoms with Crippen LogP contribution < -0.4 is 0 Å². The number of esters is 1. The molecule has 0 amide bonds. The van der Waals surface area contributed by atoms with Crippen molar-refractivity contribution in [2.45, 2.75) is 26.4 Å². The van der Waals surface area contributed by atoms with Gasteiger partial charge < -0.3 is 4.74 Å². The molecule has 0 rings (SSSR count). The van der Waals surface area contributed by atoms with Gasteiger partial charge in [0.2, 0.25) is 0 Å². The Morgan fingerprint density at radius 2 is 2.33 bits per heavy atom. The zero-order chi connectivity index (χ0) is 9.40. The summed E-state index contributed by atoms with van der Waals surface area (Å²) >= 11 is 1.69. The highest BCUT2D eigenvalue weighted by Gasteiger charge is 2.03. The maximum Gasteiger partial charge on any atom is 0.306 e. The second kappa shape index (κ2) is 7.22. The summed E-state index contributed by atoms with van der Waals surface area (Å²) in [5.74, 6) is 1.61. The molecular formula is C9H16O2S. The minimum atomic E-state index is -0.110. The van der Waals surface area contributed by atoms with Gasteiger partial charge >= 0.3 is 5.97 Å². The molecule has 0 aliphatic carbocycles. The second-order valence-corrected chi connectivity index (χ2v) is 3.80. The first-order chi connectivity index (χ1) is 5.66. The first-order valence-electron chi connectivity index (χ1n) is 4.05. The summed E-state index contributed by atoms with van der Waals surface area (Å²) in [6.07, 6.45) is 2.33. The topological polar surface area (TPSA) is 26.3 Å². The van der Waals surface area contributed by atoms with Gasteiger partial charge in [0.15, 0.2) is 0 Å². The van der Waals surface area contributed by atoms with Crippen molar-refractivity contribution in [3.8, 4) is 0 Å². The van der Waals surface area contributed by atoms with Gasteiger partial charge in [-0.3, -0.25) is 4.79 Å². The van der Waals surface area contributed by atoms with E-state index < -0.39 is 0 Å². The fraction of sp³-hybridized carbons (Fsp3) is 0.667. The smallest absolute Gasteiger partial charge is 0.306 e. The summed E-state index contributed by atoms with van der Waals surface area (Å²) in [6.45, 7) is 7.30. The van der Waals surface area contributed by atoms with Crippen LogP contribution in [0.5, 0.6) is 0 Å². The average molecular weight is 188 g/mol. The molecule has 0 saturated carbocycles. The van der Waals surface area contributed by atoms with Gasteiger partial charge in [-0.25, -0.2) is 0 Å². The minimum absolute atomic E-state index is 0.00176. The van der Waals surface area contributed by atoms with Gasteiger partial charge in [0, 0.05) is 11.5 Å². The molecular weight excluding hydrogens is 172 g/mol. The van der Waals surface area contributed by atoms with Gasteiger partial charge in [-0.05, 0) is 13.8 Å². The van der Waals surface area contributed by atoms with Crippen molar-refractivity contribution in [2.24, 2.45) is 0 Å². The first-order valence-corrected chi connectivity index (χ1v) is 5.20. The zero-order valence-corrected chi connectivity index (χ0v) is 8.52. The van der Waals surface area contributed by atoms with Gasteiger partial charge in [-0.2, -0.15) is 11.8 Å². The number of rotatable bonds is 6. The highest BCUT2D eigenvalue weighted by molar-refractivity contribution is 7.99. The van der Waals surface area contributed by atoms with Crippen LogP contribution in [0, 0.1) is 0 Å². The summed E-state index contributed by atoms with van der Waals surface area (Å²) in [7, 11) is 0. The number of hydrogen-bond donors (Lipinski definition) is 0. The van der Waals surface area contributed by atoms with Crippen LogP contribution in [0.15, 0.2) is 12.7 Å². The molecule has 2 nitrogen and oxygen atoms in total. The van der Waals surface area contributed by atoms with Crippen molar-refractivity contribution in [1.29, 1.82) is 0 Å². The van der Waals surface area contributed by atoms with E-state index >= 15 is 0 Å². The third-order valence-corrected chi connectivity index (χ3v) is 2.02. The van der Waals surface area contributed by atoms with Gasteiger partial charge in [-0.15, -0.1) is 6.58 Å². The Balaban J connectivity index is 3.25. The monoisotopic (exact) mass is 188 g/mol. The fourth-order valence-corrected chi connectivity index (χ4v) is 1.29. The maximum atomic E-state index is 11.0. The van der Waals surface area contributed by atoms with Crippen LogP contribution in [0.4, 0.5) is 0 Å². The van der Waals surface area contributed by atoms with Crippen molar-refractivity contribution in [3.63, 3.8) is 0 Å². The molecule has 0 N–H and O–H groups in total. The van der Waals surface area contributed by atoms with E-state index in [0.717, 1.165) is 11.5 Å². The molecule has 0 bridgehead atoms. The van der Waals surface area contributed by atoms with Crippen LogP contribution >= 0.6 is 11.8 Å². The third-order valence-electron chi connectivity index (χ3n) is 1.05. The predicted octanol–water partition coefficient (Wildman–Crippen LogP) is 2.25. The Kier molecular flexibility index (Phi) is 6.96. The Bertz CT molecular complexity index is 143. The molecule has 0 heterocycles. The number of ether oxygens (including phenoxy) is 1. The summed E-state index contributed by atoms with van der Waals surface area (Å²) in [6, 6.07) is 0. The quantitative estimate of drug-likeness (QED) is 0.363. The molecule has 3 heteroatoms. The molecule has 0 aliphatic heterocycles. The normalized spacial score (nSPS) is 9.92. The summed E-state index contributed by atoms with van der Waals surface area (Å²) in [4.78, 5) is 11.0. The zero-order valence-electron chi connectivity index (χ0n) is 7.71. The van der Waals surface area contributed by atoms with Crippen molar-refractivity contribution in [1.82, 2.24) is 0 Å². The minimum Gasteiger partial charge on any atom is -0.463 e. The molecule has 0 aromatic heterocycles. The summed E-state index contributed by atoms with van der Waals surface area (Å²) in [5, 5.41) is 0. The standard InChI is InChI=1S/C9H16O2S/c1-4-6-12-7-5-9(10)11-8(2)3/h4,8H,1,5-7H2,2-3H3. The molecule has 0 fully saturated rings. The van der Waals surface area contributed by atoms with Crippen LogP contribution in [0.25, 0.3) is 0 Å². The summed E-state index contributed by atoms with van der Waals surface area (Å²) in [5.41, 5.74) is 0. The van der Waals surface area contributed by atoms with Crippen molar-refractivity contribution in [2.75, 3.05) is 11.5 Å². The second-order valence-electron chi connectivity index (χ2n) is 2.65. The largest absolute Gasteiger partial charge is 0.463 e. The molecule has 70 valence electrons. The summed E-state index contributed by atoms with van der Waals surface area (Å²) < 4.78 is 4.95. The Morgan fingerprint density at radius 3 is 2.83 bits per heavy atom. The molecule has 0 aromatic carbocycles. The first kappa shape index (κ1) is 11.6. The van der Waals surface area contributed by atoms with Crippen LogP contribution in [0.3, 0.4) is 0 Å². The van der Waals surface area contributed by atoms with E-state index in [1.165, 1.54) is 0 Å². The maximum absolute atomic E-state index is 11.0. The molecule has 0 aromatic rings. The molecule has 0 unspecified atom stereocenters. The Labute approximate surface area is 78.4 Å². The number of hydrogen-bond acceptors (Lipinski definition) is 3. The van der Waals surface area contributed by atoms with Crippen molar-refractivity contribution in [3.05, 3.63) is 12.7 Å². The lowest BCUT2D eigenvalue weighted by Crippen LogP contribution is -2.11. The highest BCUT2D eigenvalue weighted by Crippen LogP contribution is 2.03. The van der Waals surface area contributed by atoms with Crippen LogP contribution in [0.1, 0.15) is 20.3 Å². The van der Waals surface area contributed by atoms with E-state index in [1.807, 2.05) is 19.9 Å². The van der Waals surface area contributed by atoms with Gasteiger partial charge in [0.25, 0.3) is 0 Å². The Hall–Kier alpha value is -0.440. The molecule has 0 aliphatic rings. The SMILES string of the molecule is C=CCSCCC(=O)OC(C)C. The van der Waals surface area contributed by atoms with Crippen molar-refractivity contribution >= 4 is 17.7 Å². The van der Waals surface area contributed by atoms with E-state index in [0.29, 0.717) is 6.42 Å². The molecule has 0 radical (unpaired) electrons. The van der Waals surface area contributed by atoms with Crippen LogP contribution in [-0.4, -0.2) is 23.6 Å². The lowest BCUT2D eigenvalue weighted by atomic mass is 10.4. The molecule has 0 atom stereocenters. The molecule has 0 spiro atoms. The van der Waals surface area contributed by atoms with E-state index in [-0.39, 0.29) is 12.1 Å². The lowest BCUT2D eigenvalue weighted by molar-refractivity contribution is -0.146. The molecule has 12 heavy (non-hydrogen) atoms. The van der Waals surface area contributed by atoms with Gasteiger partial charge in [0.1, 0.15) is 0 Å². The third kappa shape index (κ3) is 7.66. The highest BCUT2D eigenvalue weighted by atomic mass is 32.2. The van der Waals surface area contributed by atoms with Gasteiger partial charge in [0.05, 0.1) is 12.5 Å². The van der Waals surface area contributed by atoms with Crippen LogP contribution in [-0.2, 0) is 9.53 Å². The average Bonchev–Trinajstić information content (AvgIpc) is 1.97. The molecule has 0 saturated heterocycles. The number of thioether (sulfide) groups is 1. The number of carbonyl (C=O) groups is 1. The Morgan fingerprint density at radius 1 is 1.67 bits per heavy atom. The van der Waals surface area contributed by atoms with E-state index in [1.54, 1.807) is 11.8 Å². The fourth-order valence-electron chi connectivity index (χ4n) is 0.644. The lowest BCUT2D eigenvalue weighted by Gasteiger charge is -2.06. The predicted molar refractivity (Wildman–Crippen MR) is 53.4 cm³/mol. The van der Waals surface area contributed by atoms with Crippen molar-refractivity contribution < 1.29 is 9.53 Å². The van der Waals surface area contributed by atoms with E-state index in [2.05, 4.69) is 6.58 Å². The van der Waals surface area contributed by atoms with E-state index in [4.69, 9.17) is 4.74 Å². The van der Waals surface area contributed by atoms with Gasteiger partial charge in [-0.1, -0.05) is 6.08 Å². The number of carbonyl (C=O) groups excluding carboxylic acids is 1. The van der Waals surface area contributed by atoms with E-state index in [9.17, 15) is 4.79 Å².